The molecule has 0 N–H and O–H groups in total. The van der Waals surface area contributed by atoms with Gasteiger partial charge in [-0.05, 0) is 51.1 Å². The van der Waals surface area contributed by atoms with Crippen molar-refractivity contribution in [2.75, 3.05) is 24.4 Å². The van der Waals surface area contributed by atoms with Gasteiger partial charge in [0, 0.05) is 20.1 Å². The summed E-state index contributed by atoms with van der Waals surface area (Å²) in [5, 5.41) is 0.227. The molecule has 0 aliphatic rings. The summed E-state index contributed by atoms with van der Waals surface area (Å²) in [6.45, 7) is 6.84. The second-order valence-corrected chi connectivity index (χ2v) is 8.30. The molecule has 0 aromatic heterocycles. The highest BCUT2D eigenvalue weighted by molar-refractivity contribution is 7.92. The molecule has 7 heteroatoms. The highest BCUT2D eigenvalue weighted by Gasteiger charge is 2.23. The first-order valence-corrected chi connectivity index (χ1v) is 10.2. The number of sulfonamides is 1. The van der Waals surface area contributed by atoms with Crippen LogP contribution >= 0.6 is 11.6 Å². The Balaban J connectivity index is 2.36. The monoisotopic (exact) mass is 394 g/mol. The lowest BCUT2D eigenvalue weighted by molar-refractivity contribution is 0.0773. The molecule has 5 nitrogen and oxygen atoms in total. The summed E-state index contributed by atoms with van der Waals surface area (Å²) in [6, 6.07) is 11.3. The molecular weight excluding hydrogens is 372 g/mol. The Kier molecular flexibility index (Phi) is 6.31. The number of aryl methyl sites for hydroxylation is 1. The van der Waals surface area contributed by atoms with Crippen molar-refractivity contribution in [3.05, 3.63) is 58.6 Å². The lowest BCUT2D eigenvalue weighted by Gasteiger charge is -2.22. The smallest absolute Gasteiger partial charge is 0.264 e. The van der Waals surface area contributed by atoms with E-state index in [1.807, 2.05) is 20.8 Å². The van der Waals surface area contributed by atoms with Crippen LogP contribution in [-0.2, 0) is 10.0 Å². The molecule has 0 fully saturated rings. The Hall–Kier alpha value is -2.05. The second-order valence-electron chi connectivity index (χ2n) is 5.93. The number of carbonyl (C=O) groups is 1. The highest BCUT2D eigenvalue weighted by Crippen LogP contribution is 2.28. The van der Waals surface area contributed by atoms with Crippen molar-refractivity contribution < 1.29 is 13.2 Å². The molecule has 26 heavy (non-hydrogen) atoms. The number of amides is 1. The first-order chi connectivity index (χ1) is 12.2. The van der Waals surface area contributed by atoms with Gasteiger partial charge < -0.3 is 4.90 Å². The van der Waals surface area contributed by atoms with E-state index in [0.717, 1.165) is 9.87 Å². The van der Waals surface area contributed by atoms with Gasteiger partial charge in [0.2, 0.25) is 0 Å². The molecule has 2 aromatic rings. The maximum absolute atomic E-state index is 12.8. The van der Waals surface area contributed by atoms with Crippen molar-refractivity contribution in [3.8, 4) is 0 Å². The molecule has 0 aliphatic heterocycles. The van der Waals surface area contributed by atoms with E-state index in [2.05, 4.69) is 0 Å². The summed E-state index contributed by atoms with van der Waals surface area (Å²) in [6.07, 6.45) is 0. The molecule has 2 rings (SSSR count). The summed E-state index contributed by atoms with van der Waals surface area (Å²) >= 11 is 6.27. The molecule has 1 amide bonds. The summed E-state index contributed by atoms with van der Waals surface area (Å²) in [7, 11) is -2.24. The van der Waals surface area contributed by atoms with Crippen LogP contribution in [-0.4, -0.2) is 39.4 Å². The predicted molar refractivity (Wildman–Crippen MR) is 105 cm³/mol. The van der Waals surface area contributed by atoms with Crippen molar-refractivity contribution in [1.82, 2.24) is 4.90 Å². The molecule has 0 atom stereocenters. The van der Waals surface area contributed by atoms with E-state index >= 15 is 0 Å². The van der Waals surface area contributed by atoms with Gasteiger partial charge in [-0.1, -0.05) is 29.3 Å². The number of carbonyl (C=O) groups excluding carboxylic acids is 1. The third-order valence-electron chi connectivity index (χ3n) is 4.28. The zero-order valence-electron chi connectivity index (χ0n) is 15.4. The number of nitrogens with zero attached hydrogens (tertiary/aromatic N) is 2. The molecular formula is C19H23ClN2O3S. The third-order valence-corrected chi connectivity index (χ3v) is 6.39. The predicted octanol–water partition coefficient (Wildman–Crippen LogP) is 3.96. The normalized spacial score (nSPS) is 11.3. The van der Waals surface area contributed by atoms with Gasteiger partial charge in [0.15, 0.2) is 0 Å². The molecule has 140 valence electrons. The minimum atomic E-state index is -3.70. The third kappa shape index (κ3) is 4.02. The van der Waals surface area contributed by atoms with Gasteiger partial charge in [0.25, 0.3) is 15.9 Å². The minimum absolute atomic E-state index is 0.171. The summed E-state index contributed by atoms with van der Waals surface area (Å²) in [4.78, 5) is 14.3. The molecule has 0 bridgehead atoms. The van der Waals surface area contributed by atoms with Gasteiger partial charge >= 0.3 is 0 Å². The van der Waals surface area contributed by atoms with Crippen molar-refractivity contribution in [1.29, 1.82) is 0 Å². The maximum Gasteiger partial charge on any atom is 0.264 e. The average molecular weight is 395 g/mol. The Labute approximate surface area is 160 Å². The van der Waals surface area contributed by atoms with E-state index in [9.17, 15) is 13.2 Å². The van der Waals surface area contributed by atoms with Gasteiger partial charge in [-0.25, -0.2) is 8.42 Å². The number of halogens is 1. The minimum Gasteiger partial charge on any atom is -0.339 e. The van der Waals surface area contributed by atoms with Crippen molar-refractivity contribution in [3.63, 3.8) is 0 Å². The van der Waals surface area contributed by atoms with E-state index in [1.165, 1.54) is 13.1 Å². The Bertz CT molecular complexity index is 892. The lowest BCUT2D eigenvalue weighted by atomic mass is 10.1. The van der Waals surface area contributed by atoms with Crippen LogP contribution in [0.25, 0.3) is 0 Å². The number of hydrogen-bond donors (Lipinski definition) is 0. The fourth-order valence-electron chi connectivity index (χ4n) is 2.56. The van der Waals surface area contributed by atoms with E-state index in [4.69, 9.17) is 11.6 Å². The number of hydrogen-bond acceptors (Lipinski definition) is 3. The van der Waals surface area contributed by atoms with Gasteiger partial charge in [0.1, 0.15) is 0 Å². The average Bonchev–Trinajstić information content (AvgIpc) is 2.62. The summed E-state index contributed by atoms with van der Waals surface area (Å²) in [5.41, 5.74) is 1.74. The number of rotatable bonds is 6. The standard InChI is InChI=1S/C19H23ClN2O3S/c1-5-22(6-2)19(23)17-12-9-15(13-18(17)20)21(4)26(24,25)16-10-7-14(3)8-11-16/h7-13H,5-6H2,1-4H3. The zero-order chi connectivity index (χ0) is 19.5. The topological polar surface area (TPSA) is 57.7 Å². The van der Waals surface area contributed by atoms with Gasteiger partial charge in [0.05, 0.1) is 21.2 Å². The van der Waals surface area contributed by atoms with Crippen molar-refractivity contribution in [2.24, 2.45) is 0 Å². The fourth-order valence-corrected chi connectivity index (χ4v) is 4.00. The van der Waals surface area contributed by atoms with Crippen LogP contribution in [0.5, 0.6) is 0 Å². The van der Waals surface area contributed by atoms with Crippen LogP contribution < -0.4 is 4.31 Å². The van der Waals surface area contributed by atoms with Crippen LogP contribution in [0.2, 0.25) is 5.02 Å². The van der Waals surface area contributed by atoms with E-state index < -0.39 is 10.0 Å². The molecule has 2 aromatic carbocycles. The fraction of sp³-hybridized carbons (Fsp3) is 0.316. The molecule has 0 aliphatic carbocycles. The van der Waals surface area contributed by atoms with Crippen LogP contribution in [0.4, 0.5) is 5.69 Å². The van der Waals surface area contributed by atoms with Gasteiger partial charge in [-0.3, -0.25) is 9.10 Å². The first-order valence-electron chi connectivity index (χ1n) is 8.36. The molecule has 0 unspecified atom stereocenters. The first kappa shape index (κ1) is 20.3. The SMILES string of the molecule is CCN(CC)C(=O)c1ccc(N(C)S(=O)(=O)c2ccc(C)cc2)cc1Cl. The molecule has 0 saturated carbocycles. The number of benzene rings is 2. The molecule has 0 spiro atoms. The Morgan fingerprint density at radius 1 is 1.04 bits per heavy atom. The van der Waals surface area contributed by atoms with Crippen molar-refractivity contribution >= 4 is 33.2 Å². The number of anilines is 1. The second kappa shape index (κ2) is 8.10. The van der Waals surface area contributed by atoms with E-state index in [0.29, 0.717) is 24.3 Å². The molecule has 0 heterocycles. The van der Waals surface area contributed by atoms with E-state index in [1.54, 1.807) is 41.3 Å². The van der Waals surface area contributed by atoms with Crippen LogP contribution in [0.15, 0.2) is 47.4 Å². The lowest BCUT2D eigenvalue weighted by Crippen LogP contribution is -2.31. The van der Waals surface area contributed by atoms with E-state index in [-0.39, 0.29) is 15.8 Å². The van der Waals surface area contributed by atoms with Crippen LogP contribution in [0.1, 0.15) is 29.8 Å². The van der Waals surface area contributed by atoms with Crippen LogP contribution in [0.3, 0.4) is 0 Å². The summed E-state index contributed by atoms with van der Waals surface area (Å²) in [5.74, 6) is -0.171. The quantitative estimate of drug-likeness (QED) is 0.745. The Morgan fingerprint density at radius 3 is 2.12 bits per heavy atom. The zero-order valence-corrected chi connectivity index (χ0v) is 16.9. The molecule has 0 radical (unpaired) electrons. The largest absolute Gasteiger partial charge is 0.339 e. The Morgan fingerprint density at radius 2 is 1.62 bits per heavy atom. The molecule has 0 saturated heterocycles. The van der Waals surface area contributed by atoms with Gasteiger partial charge in [-0.2, -0.15) is 0 Å². The van der Waals surface area contributed by atoms with Crippen LogP contribution in [0, 0.1) is 6.92 Å². The maximum atomic E-state index is 12.8. The van der Waals surface area contributed by atoms with Crippen molar-refractivity contribution in [2.45, 2.75) is 25.7 Å². The van der Waals surface area contributed by atoms with Gasteiger partial charge in [-0.15, -0.1) is 0 Å². The summed E-state index contributed by atoms with van der Waals surface area (Å²) < 4.78 is 26.7. The highest BCUT2D eigenvalue weighted by atomic mass is 35.5.